The highest BCUT2D eigenvalue weighted by Gasteiger charge is 2.42. The SMILES string of the molecule is Cc1cc([N+](=O)[O-])ccc1NC(=O)[C@@H](Cc1ccccc1)N1C(=O)c2ccccc2C1=O. The zero-order valence-electron chi connectivity index (χ0n) is 17.1. The number of nitrogens with zero attached hydrogens (tertiary/aromatic N) is 2. The molecule has 3 amide bonds. The van der Waals surface area contributed by atoms with E-state index in [9.17, 15) is 24.5 Å². The minimum Gasteiger partial charge on any atom is -0.324 e. The average molecular weight is 429 g/mol. The van der Waals surface area contributed by atoms with Crippen molar-refractivity contribution < 1.29 is 19.3 Å². The van der Waals surface area contributed by atoms with E-state index in [2.05, 4.69) is 5.32 Å². The highest BCUT2D eigenvalue weighted by atomic mass is 16.6. The largest absolute Gasteiger partial charge is 0.324 e. The zero-order valence-corrected chi connectivity index (χ0v) is 17.1. The van der Waals surface area contributed by atoms with Gasteiger partial charge in [-0.2, -0.15) is 0 Å². The lowest BCUT2D eigenvalue weighted by atomic mass is 10.0. The lowest BCUT2D eigenvalue weighted by molar-refractivity contribution is -0.384. The zero-order chi connectivity index (χ0) is 22.8. The van der Waals surface area contributed by atoms with Crippen LogP contribution >= 0.6 is 0 Å². The summed E-state index contributed by atoms with van der Waals surface area (Å²) in [4.78, 5) is 50.9. The number of aryl methyl sites for hydroxylation is 1. The Hall–Kier alpha value is -4.33. The molecule has 0 saturated heterocycles. The van der Waals surface area contributed by atoms with E-state index in [-0.39, 0.29) is 23.2 Å². The number of nitrogens with one attached hydrogen (secondary N) is 1. The second-order valence-electron chi connectivity index (χ2n) is 7.48. The minimum absolute atomic E-state index is 0.0957. The van der Waals surface area contributed by atoms with Crippen LogP contribution in [-0.4, -0.2) is 33.6 Å². The lowest BCUT2D eigenvalue weighted by Crippen LogP contribution is -2.48. The van der Waals surface area contributed by atoms with Gasteiger partial charge in [0.05, 0.1) is 16.1 Å². The molecule has 1 atom stereocenters. The molecule has 0 aliphatic carbocycles. The third-order valence-electron chi connectivity index (χ3n) is 5.39. The van der Waals surface area contributed by atoms with Gasteiger partial charge < -0.3 is 5.32 Å². The van der Waals surface area contributed by atoms with E-state index in [4.69, 9.17) is 0 Å². The molecular weight excluding hydrogens is 410 g/mol. The first-order valence-corrected chi connectivity index (χ1v) is 9.93. The molecule has 3 aromatic rings. The molecule has 1 N–H and O–H groups in total. The summed E-state index contributed by atoms with van der Waals surface area (Å²) in [5, 5.41) is 13.7. The van der Waals surface area contributed by atoms with Crippen LogP contribution in [0.1, 0.15) is 31.8 Å². The summed E-state index contributed by atoms with van der Waals surface area (Å²) >= 11 is 0. The molecule has 0 radical (unpaired) electrons. The molecule has 4 rings (SSSR count). The Labute approximate surface area is 183 Å². The van der Waals surface area contributed by atoms with Gasteiger partial charge in [0.15, 0.2) is 0 Å². The monoisotopic (exact) mass is 429 g/mol. The van der Waals surface area contributed by atoms with Crippen LogP contribution in [0.3, 0.4) is 0 Å². The van der Waals surface area contributed by atoms with Crippen LogP contribution in [0.15, 0.2) is 72.8 Å². The van der Waals surface area contributed by atoms with Gasteiger partial charge in [-0.25, -0.2) is 0 Å². The number of imide groups is 1. The van der Waals surface area contributed by atoms with Crippen LogP contribution in [0.2, 0.25) is 0 Å². The van der Waals surface area contributed by atoms with E-state index >= 15 is 0 Å². The molecule has 0 fully saturated rings. The Kier molecular flexibility index (Phi) is 5.51. The van der Waals surface area contributed by atoms with Gasteiger partial charge in [0, 0.05) is 24.2 Å². The lowest BCUT2D eigenvalue weighted by Gasteiger charge is -2.26. The molecule has 0 spiro atoms. The van der Waals surface area contributed by atoms with Gasteiger partial charge in [-0.1, -0.05) is 42.5 Å². The molecule has 0 unspecified atom stereocenters. The molecular formula is C24H19N3O5. The van der Waals surface area contributed by atoms with Crippen LogP contribution in [-0.2, 0) is 11.2 Å². The molecule has 0 aromatic heterocycles. The van der Waals surface area contributed by atoms with Crippen molar-refractivity contribution in [1.29, 1.82) is 0 Å². The summed E-state index contributed by atoms with van der Waals surface area (Å²) in [6.07, 6.45) is 0.129. The van der Waals surface area contributed by atoms with Crippen molar-refractivity contribution in [1.82, 2.24) is 4.90 Å². The second kappa shape index (κ2) is 8.43. The van der Waals surface area contributed by atoms with Gasteiger partial charge in [-0.05, 0) is 36.2 Å². The number of hydrogen-bond donors (Lipinski definition) is 1. The normalized spacial score (nSPS) is 13.6. The number of non-ortho nitro benzene ring substituents is 1. The van der Waals surface area contributed by atoms with Gasteiger partial charge in [0.2, 0.25) is 5.91 Å². The van der Waals surface area contributed by atoms with Crippen molar-refractivity contribution >= 4 is 29.1 Å². The number of amides is 3. The molecule has 0 bridgehead atoms. The smallest absolute Gasteiger partial charge is 0.269 e. The fourth-order valence-electron chi connectivity index (χ4n) is 3.75. The molecule has 1 aliphatic heterocycles. The van der Waals surface area contributed by atoms with E-state index in [1.807, 2.05) is 30.3 Å². The van der Waals surface area contributed by atoms with Crippen LogP contribution in [0.5, 0.6) is 0 Å². The Morgan fingerprint density at radius 1 is 0.969 bits per heavy atom. The predicted octanol–water partition coefficient (Wildman–Crippen LogP) is 3.75. The number of fused-ring (bicyclic) bond motifs is 1. The number of benzene rings is 3. The summed E-state index contributed by atoms with van der Waals surface area (Å²) in [5.74, 6) is -1.61. The molecule has 32 heavy (non-hydrogen) atoms. The van der Waals surface area contributed by atoms with Gasteiger partial charge in [-0.15, -0.1) is 0 Å². The van der Waals surface area contributed by atoms with Crippen molar-refractivity contribution in [2.45, 2.75) is 19.4 Å². The summed E-state index contributed by atoms with van der Waals surface area (Å²) in [6, 6.07) is 18.5. The first-order valence-electron chi connectivity index (χ1n) is 9.93. The van der Waals surface area contributed by atoms with Gasteiger partial charge in [-0.3, -0.25) is 29.4 Å². The van der Waals surface area contributed by atoms with Crippen LogP contribution in [0.25, 0.3) is 0 Å². The maximum absolute atomic E-state index is 13.3. The van der Waals surface area contributed by atoms with Gasteiger partial charge >= 0.3 is 0 Å². The third-order valence-corrected chi connectivity index (χ3v) is 5.39. The first-order chi connectivity index (χ1) is 15.4. The fraction of sp³-hybridized carbons (Fsp3) is 0.125. The second-order valence-corrected chi connectivity index (χ2v) is 7.48. The van der Waals surface area contributed by atoms with Crippen LogP contribution in [0, 0.1) is 17.0 Å². The van der Waals surface area contributed by atoms with Crippen molar-refractivity contribution in [2.75, 3.05) is 5.32 Å². The number of nitro groups is 1. The Bertz CT molecular complexity index is 1200. The quantitative estimate of drug-likeness (QED) is 0.365. The Morgan fingerprint density at radius 3 is 2.12 bits per heavy atom. The van der Waals surface area contributed by atoms with Gasteiger partial charge in [0.1, 0.15) is 6.04 Å². The number of anilines is 1. The molecule has 8 nitrogen and oxygen atoms in total. The number of rotatable bonds is 6. The molecule has 1 heterocycles. The van der Waals surface area contributed by atoms with E-state index in [1.165, 1.54) is 18.2 Å². The van der Waals surface area contributed by atoms with E-state index in [1.54, 1.807) is 31.2 Å². The van der Waals surface area contributed by atoms with E-state index in [0.717, 1.165) is 10.5 Å². The summed E-state index contributed by atoms with van der Waals surface area (Å²) in [7, 11) is 0. The minimum atomic E-state index is -1.10. The maximum atomic E-state index is 13.3. The average Bonchev–Trinajstić information content (AvgIpc) is 3.04. The number of carbonyl (C=O) groups is 3. The van der Waals surface area contributed by atoms with Crippen molar-refractivity contribution in [3.8, 4) is 0 Å². The molecule has 3 aromatic carbocycles. The standard InChI is InChI=1S/C24H19N3O5/c1-15-13-17(27(31)32)11-12-20(15)25-22(28)21(14-16-7-3-2-4-8-16)26-23(29)18-9-5-6-10-19(18)24(26)30/h2-13,21H,14H2,1H3,(H,25,28)/t21-/m1/s1. The van der Waals surface area contributed by atoms with Crippen LogP contribution in [0.4, 0.5) is 11.4 Å². The van der Waals surface area contributed by atoms with Crippen molar-refractivity contribution in [3.63, 3.8) is 0 Å². The Balaban J connectivity index is 1.67. The molecule has 8 heteroatoms. The third kappa shape index (κ3) is 3.85. The molecule has 0 saturated carbocycles. The number of nitro benzene ring substituents is 1. The summed E-state index contributed by atoms with van der Waals surface area (Å²) < 4.78 is 0. The summed E-state index contributed by atoms with van der Waals surface area (Å²) in [5.41, 5.74) is 2.07. The fourth-order valence-corrected chi connectivity index (χ4v) is 3.75. The topological polar surface area (TPSA) is 110 Å². The highest BCUT2D eigenvalue weighted by molar-refractivity contribution is 6.23. The number of hydrogen-bond acceptors (Lipinski definition) is 5. The van der Waals surface area contributed by atoms with Crippen molar-refractivity contribution in [2.24, 2.45) is 0 Å². The predicted molar refractivity (Wildman–Crippen MR) is 117 cm³/mol. The van der Waals surface area contributed by atoms with E-state index in [0.29, 0.717) is 11.3 Å². The highest BCUT2D eigenvalue weighted by Crippen LogP contribution is 2.27. The molecule has 1 aliphatic rings. The van der Waals surface area contributed by atoms with E-state index < -0.39 is 28.7 Å². The van der Waals surface area contributed by atoms with Crippen LogP contribution < -0.4 is 5.32 Å². The number of carbonyl (C=O) groups excluding carboxylic acids is 3. The molecule has 160 valence electrons. The summed E-state index contributed by atoms with van der Waals surface area (Å²) in [6.45, 7) is 1.64. The first kappa shape index (κ1) is 20.9. The van der Waals surface area contributed by atoms with Gasteiger partial charge in [0.25, 0.3) is 17.5 Å². The van der Waals surface area contributed by atoms with Crippen molar-refractivity contribution in [3.05, 3.63) is 105 Å². The maximum Gasteiger partial charge on any atom is 0.269 e. The Morgan fingerprint density at radius 2 is 1.56 bits per heavy atom.